The van der Waals surface area contributed by atoms with Gasteiger partial charge in [-0.3, -0.25) is 4.79 Å². The van der Waals surface area contributed by atoms with Gasteiger partial charge in [-0.15, -0.1) is 0 Å². The number of esters is 1. The Kier molecular flexibility index (Phi) is 4.58. The molecule has 0 aromatic carbocycles. The van der Waals surface area contributed by atoms with E-state index in [9.17, 15) is 4.79 Å². The maximum atomic E-state index is 11.9. The van der Waals surface area contributed by atoms with E-state index in [0.29, 0.717) is 13.2 Å². The molecule has 0 spiro atoms. The number of hydrogen-bond acceptors (Lipinski definition) is 3. The summed E-state index contributed by atoms with van der Waals surface area (Å²) in [7, 11) is 1.64. The molecule has 0 heterocycles. The van der Waals surface area contributed by atoms with Gasteiger partial charge >= 0.3 is 5.97 Å². The molecule has 15 heavy (non-hydrogen) atoms. The van der Waals surface area contributed by atoms with Crippen LogP contribution >= 0.6 is 0 Å². The molecule has 1 saturated carbocycles. The molecule has 3 nitrogen and oxygen atoms in total. The molecular formula is C12H21O3. The van der Waals surface area contributed by atoms with E-state index in [0.717, 1.165) is 25.7 Å². The van der Waals surface area contributed by atoms with Crippen molar-refractivity contribution in [3.05, 3.63) is 5.92 Å². The Balaban J connectivity index is 2.72. The lowest BCUT2D eigenvalue weighted by atomic mass is 9.70. The Labute approximate surface area is 92.1 Å². The van der Waals surface area contributed by atoms with Crippen LogP contribution in [0.3, 0.4) is 0 Å². The number of carbonyl (C=O) groups is 1. The zero-order valence-corrected chi connectivity index (χ0v) is 9.97. The highest BCUT2D eigenvalue weighted by atomic mass is 16.5. The molecule has 0 aromatic heterocycles. The lowest BCUT2D eigenvalue weighted by molar-refractivity contribution is -0.160. The summed E-state index contributed by atoms with van der Waals surface area (Å²) in [5.74, 6) is 1.29. The minimum absolute atomic E-state index is 0.0918. The number of ether oxygens (including phenoxy) is 2. The minimum Gasteiger partial charge on any atom is -0.465 e. The highest BCUT2D eigenvalue weighted by Crippen LogP contribution is 2.41. The minimum atomic E-state index is -0.410. The second-order valence-corrected chi connectivity index (χ2v) is 4.42. The zero-order valence-electron chi connectivity index (χ0n) is 9.97. The standard InChI is InChI=1S/C12H21O3/c1-4-15-11(13)12(9-14-3)7-5-6-10(2)8-12/h4-9H2,1-3H3. The molecule has 1 unspecified atom stereocenters. The van der Waals surface area contributed by atoms with Crippen LogP contribution in [-0.2, 0) is 14.3 Å². The third kappa shape index (κ3) is 2.94. The lowest BCUT2D eigenvalue weighted by Crippen LogP contribution is -2.40. The van der Waals surface area contributed by atoms with Gasteiger partial charge in [-0.2, -0.15) is 0 Å². The van der Waals surface area contributed by atoms with Crippen molar-refractivity contribution in [2.45, 2.75) is 39.5 Å². The first-order valence-electron chi connectivity index (χ1n) is 5.62. The van der Waals surface area contributed by atoms with Gasteiger partial charge in [0.25, 0.3) is 0 Å². The molecule has 1 atom stereocenters. The maximum Gasteiger partial charge on any atom is 0.314 e. The number of carbonyl (C=O) groups excluding carboxylic acids is 1. The van der Waals surface area contributed by atoms with Crippen LogP contribution in [0, 0.1) is 11.3 Å². The Hall–Kier alpha value is -0.570. The van der Waals surface area contributed by atoms with Gasteiger partial charge in [0.15, 0.2) is 0 Å². The van der Waals surface area contributed by atoms with Gasteiger partial charge in [-0.25, -0.2) is 0 Å². The highest BCUT2D eigenvalue weighted by molar-refractivity contribution is 5.77. The van der Waals surface area contributed by atoms with Crippen molar-refractivity contribution in [3.63, 3.8) is 0 Å². The molecule has 0 aromatic rings. The van der Waals surface area contributed by atoms with Crippen molar-refractivity contribution in [1.82, 2.24) is 0 Å². The average Bonchev–Trinajstić information content (AvgIpc) is 2.18. The number of rotatable bonds is 4. The topological polar surface area (TPSA) is 35.5 Å². The number of methoxy groups -OCH3 is 1. The molecular weight excluding hydrogens is 192 g/mol. The van der Waals surface area contributed by atoms with E-state index >= 15 is 0 Å². The first-order valence-corrected chi connectivity index (χ1v) is 5.62. The second kappa shape index (κ2) is 5.50. The van der Waals surface area contributed by atoms with Gasteiger partial charge in [0.2, 0.25) is 0 Å². The second-order valence-electron chi connectivity index (χ2n) is 4.42. The normalized spacial score (nSPS) is 27.7. The van der Waals surface area contributed by atoms with E-state index in [1.54, 1.807) is 7.11 Å². The van der Waals surface area contributed by atoms with Crippen LogP contribution in [0.25, 0.3) is 0 Å². The number of hydrogen-bond donors (Lipinski definition) is 0. The van der Waals surface area contributed by atoms with E-state index in [4.69, 9.17) is 9.47 Å². The molecule has 87 valence electrons. The van der Waals surface area contributed by atoms with Gasteiger partial charge in [0.1, 0.15) is 0 Å². The van der Waals surface area contributed by atoms with E-state index < -0.39 is 5.41 Å². The van der Waals surface area contributed by atoms with Gasteiger partial charge in [-0.1, -0.05) is 13.3 Å². The van der Waals surface area contributed by atoms with Gasteiger partial charge < -0.3 is 9.47 Å². The monoisotopic (exact) mass is 213 g/mol. The van der Waals surface area contributed by atoms with Crippen LogP contribution in [0.4, 0.5) is 0 Å². The summed E-state index contributed by atoms with van der Waals surface area (Å²) in [4.78, 5) is 11.9. The Morgan fingerprint density at radius 2 is 2.27 bits per heavy atom. The first-order chi connectivity index (χ1) is 7.14. The van der Waals surface area contributed by atoms with Gasteiger partial charge in [0.05, 0.1) is 18.6 Å². The van der Waals surface area contributed by atoms with Crippen molar-refractivity contribution >= 4 is 5.97 Å². The van der Waals surface area contributed by atoms with Crippen molar-refractivity contribution in [1.29, 1.82) is 0 Å². The largest absolute Gasteiger partial charge is 0.465 e. The molecule has 1 aliphatic carbocycles. The molecule has 0 bridgehead atoms. The van der Waals surface area contributed by atoms with Crippen molar-refractivity contribution in [2.75, 3.05) is 20.3 Å². The Bertz CT molecular complexity index is 211. The quantitative estimate of drug-likeness (QED) is 0.672. The van der Waals surface area contributed by atoms with Crippen LogP contribution in [0.2, 0.25) is 0 Å². The fourth-order valence-corrected chi connectivity index (χ4v) is 2.40. The molecule has 3 heteroatoms. The van der Waals surface area contributed by atoms with Crippen molar-refractivity contribution < 1.29 is 14.3 Å². The molecule has 1 radical (unpaired) electrons. The average molecular weight is 213 g/mol. The highest BCUT2D eigenvalue weighted by Gasteiger charge is 2.43. The van der Waals surface area contributed by atoms with Crippen LogP contribution in [0.15, 0.2) is 0 Å². The Morgan fingerprint density at radius 3 is 2.80 bits per heavy atom. The summed E-state index contributed by atoms with van der Waals surface area (Å²) in [5, 5.41) is 0. The predicted octanol–water partition coefficient (Wildman–Crippen LogP) is 2.35. The van der Waals surface area contributed by atoms with E-state index in [1.807, 2.05) is 6.92 Å². The Morgan fingerprint density at radius 1 is 1.53 bits per heavy atom. The van der Waals surface area contributed by atoms with Crippen molar-refractivity contribution in [3.8, 4) is 0 Å². The van der Waals surface area contributed by atoms with E-state index in [-0.39, 0.29) is 5.97 Å². The summed E-state index contributed by atoms with van der Waals surface area (Å²) in [5.41, 5.74) is -0.410. The smallest absolute Gasteiger partial charge is 0.314 e. The lowest BCUT2D eigenvalue weighted by Gasteiger charge is -2.36. The third-order valence-electron chi connectivity index (χ3n) is 3.03. The third-order valence-corrected chi connectivity index (χ3v) is 3.03. The summed E-state index contributed by atoms with van der Waals surface area (Å²) >= 11 is 0. The molecule has 0 aliphatic heterocycles. The maximum absolute atomic E-state index is 11.9. The van der Waals surface area contributed by atoms with E-state index in [1.165, 1.54) is 5.92 Å². The van der Waals surface area contributed by atoms with Crippen LogP contribution in [0.5, 0.6) is 0 Å². The zero-order chi connectivity index (χ0) is 11.3. The summed E-state index contributed by atoms with van der Waals surface area (Å²) in [6.07, 6.45) is 3.90. The van der Waals surface area contributed by atoms with Gasteiger partial charge in [-0.05, 0) is 32.1 Å². The van der Waals surface area contributed by atoms with Crippen LogP contribution < -0.4 is 0 Å². The molecule has 1 aliphatic rings. The predicted molar refractivity (Wildman–Crippen MR) is 58.3 cm³/mol. The first kappa shape index (κ1) is 12.5. The fourth-order valence-electron chi connectivity index (χ4n) is 2.40. The van der Waals surface area contributed by atoms with Crippen molar-refractivity contribution in [2.24, 2.45) is 5.41 Å². The fraction of sp³-hybridized carbons (Fsp3) is 0.833. The summed E-state index contributed by atoms with van der Waals surface area (Å²) < 4.78 is 10.3. The summed E-state index contributed by atoms with van der Waals surface area (Å²) in [6, 6.07) is 0. The molecule has 1 fully saturated rings. The van der Waals surface area contributed by atoms with Gasteiger partial charge in [0, 0.05) is 7.11 Å². The van der Waals surface area contributed by atoms with Crippen LogP contribution in [-0.4, -0.2) is 26.3 Å². The molecule has 0 N–H and O–H groups in total. The summed E-state index contributed by atoms with van der Waals surface area (Å²) in [6.45, 7) is 4.88. The van der Waals surface area contributed by atoms with Crippen LogP contribution in [0.1, 0.15) is 39.5 Å². The molecule has 1 rings (SSSR count). The molecule has 0 saturated heterocycles. The van der Waals surface area contributed by atoms with E-state index in [2.05, 4.69) is 6.92 Å². The molecule has 0 amide bonds. The SMILES string of the molecule is CCOC(=O)C1(COC)CCC[C](C)C1.